The number of hydrogen-bond donors (Lipinski definition) is 1. The summed E-state index contributed by atoms with van der Waals surface area (Å²) in [7, 11) is 1.82. The van der Waals surface area contributed by atoms with Gasteiger partial charge in [-0.05, 0) is 28.1 Å². The fraction of sp³-hybridized carbons (Fsp3) is 0.300. The van der Waals surface area contributed by atoms with Gasteiger partial charge in [0.25, 0.3) is 0 Å². The van der Waals surface area contributed by atoms with E-state index >= 15 is 0 Å². The maximum Gasteiger partial charge on any atom is 0.159 e. The van der Waals surface area contributed by atoms with Gasteiger partial charge >= 0.3 is 0 Å². The Labute approximate surface area is 102 Å². The first kappa shape index (κ1) is 11.2. The third kappa shape index (κ3) is 2.12. The van der Waals surface area contributed by atoms with Crippen molar-refractivity contribution >= 4 is 15.9 Å². The van der Waals surface area contributed by atoms with Gasteiger partial charge in [0, 0.05) is 18.1 Å². The van der Waals surface area contributed by atoms with Gasteiger partial charge in [0.15, 0.2) is 5.82 Å². The Hall–Kier alpha value is -1.27. The van der Waals surface area contributed by atoms with E-state index in [9.17, 15) is 0 Å². The van der Waals surface area contributed by atoms with Crippen LogP contribution >= 0.6 is 15.9 Å². The standard InChI is InChI=1S/C10H12BrN5/c1-16-10(13-14-15-16)9(6-12)7-3-2-4-8(11)5-7/h2-5,9H,6,12H2,1H3. The highest BCUT2D eigenvalue weighted by atomic mass is 79.9. The molecule has 1 unspecified atom stereocenters. The van der Waals surface area contributed by atoms with E-state index < -0.39 is 0 Å². The number of benzene rings is 1. The van der Waals surface area contributed by atoms with E-state index in [0.29, 0.717) is 6.54 Å². The van der Waals surface area contributed by atoms with Gasteiger partial charge in [0.1, 0.15) is 0 Å². The first-order valence-electron chi connectivity index (χ1n) is 4.90. The number of aryl methyl sites for hydroxylation is 1. The Bertz CT molecular complexity index is 482. The molecule has 1 aromatic heterocycles. The second kappa shape index (κ2) is 4.71. The second-order valence-electron chi connectivity index (χ2n) is 3.50. The summed E-state index contributed by atoms with van der Waals surface area (Å²) in [4.78, 5) is 0. The molecule has 2 aromatic rings. The molecular formula is C10H12BrN5. The summed E-state index contributed by atoms with van der Waals surface area (Å²) in [5.74, 6) is 0.804. The molecule has 1 aromatic carbocycles. The van der Waals surface area contributed by atoms with Crippen molar-refractivity contribution in [1.29, 1.82) is 0 Å². The van der Waals surface area contributed by atoms with E-state index in [1.54, 1.807) is 4.68 Å². The lowest BCUT2D eigenvalue weighted by Crippen LogP contribution is -2.18. The summed E-state index contributed by atoms with van der Waals surface area (Å²) in [5.41, 5.74) is 6.90. The van der Waals surface area contributed by atoms with Crippen molar-refractivity contribution in [1.82, 2.24) is 20.2 Å². The quantitative estimate of drug-likeness (QED) is 0.914. The van der Waals surface area contributed by atoms with Crippen LogP contribution in [0.3, 0.4) is 0 Å². The van der Waals surface area contributed by atoms with E-state index in [1.165, 1.54) is 0 Å². The van der Waals surface area contributed by atoms with Crippen LogP contribution in [0.25, 0.3) is 0 Å². The Morgan fingerprint density at radius 3 is 2.88 bits per heavy atom. The predicted molar refractivity (Wildman–Crippen MR) is 63.8 cm³/mol. The van der Waals surface area contributed by atoms with Crippen molar-refractivity contribution in [2.45, 2.75) is 5.92 Å². The predicted octanol–water partition coefficient (Wildman–Crippen LogP) is 1.06. The monoisotopic (exact) mass is 281 g/mol. The van der Waals surface area contributed by atoms with Crippen LogP contribution in [0.5, 0.6) is 0 Å². The highest BCUT2D eigenvalue weighted by Crippen LogP contribution is 2.23. The molecule has 16 heavy (non-hydrogen) atoms. The minimum Gasteiger partial charge on any atom is -0.329 e. The highest BCUT2D eigenvalue weighted by molar-refractivity contribution is 9.10. The summed E-state index contributed by atoms with van der Waals surface area (Å²) >= 11 is 3.44. The van der Waals surface area contributed by atoms with Crippen LogP contribution in [0.2, 0.25) is 0 Å². The van der Waals surface area contributed by atoms with Gasteiger partial charge in [-0.3, -0.25) is 0 Å². The Balaban J connectivity index is 2.40. The van der Waals surface area contributed by atoms with E-state index in [-0.39, 0.29) is 5.92 Å². The number of rotatable bonds is 3. The zero-order valence-electron chi connectivity index (χ0n) is 8.84. The lowest BCUT2D eigenvalue weighted by Gasteiger charge is -2.13. The fourth-order valence-corrected chi connectivity index (χ4v) is 2.06. The van der Waals surface area contributed by atoms with Crippen LogP contribution < -0.4 is 5.73 Å². The zero-order chi connectivity index (χ0) is 11.5. The van der Waals surface area contributed by atoms with Crippen molar-refractivity contribution in [3.05, 3.63) is 40.1 Å². The number of nitrogens with two attached hydrogens (primary N) is 1. The van der Waals surface area contributed by atoms with Crippen molar-refractivity contribution in [2.75, 3.05) is 6.54 Å². The molecule has 2 rings (SSSR count). The molecule has 1 atom stereocenters. The molecule has 0 aliphatic rings. The topological polar surface area (TPSA) is 69.6 Å². The second-order valence-corrected chi connectivity index (χ2v) is 4.42. The summed E-state index contributed by atoms with van der Waals surface area (Å²) in [6.45, 7) is 0.477. The molecule has 1 heterocycles. The first-order chi connectivity index (χ1) is 7.72. The van der Waals surface area contributed by atoms with Gasteiger partial charge in [-0.15, -0.1) is 5.10 Å². The average molecular weight is 282 g/mol. The average Bonchev–Trinajstić information content (AvgIpc) is 2.67. The molecule has 0 spiro atoms. The molecule has 5 nitrogen and oxygen atoms in total. The normalized spacial score (nSPS) is 12.7. The van der Waals surface area contributed by atoms with Crippen LogP contribution in [-0.4, -0.2) is 26.8 Å². The highest BCUT2D eigenvalue weighted by Gasteiger charge is 2.18. The molecule has 0 bridgehead atoms. The van der Waals surface area contributed by atoms with Crippen molar-refractivity contribution in [3.8, 4) is 0 Å². The van der Waals surface area contributed by atoms with E-state index in [0.717, 1.165) is 15.9 Å². The van der Waals surface area contributed by atoms with Gasteiger partial charge in [-0.1, -0.05) is 28.1 Å². The summed E-state index contributed by atoms with van der Waals surface area (Å²) < 4.78 is 2.68. The van der Waals surface area contributed by atoms with E-state index in [4.69, 9.17) is 5.73 Å². The van der Waals surface area contributed by atoms with Crippen molar-refractivity contribution in [3.63, 3.8) is 0 Å². The summed E-state index contributed by atoms with van der Waals surface area (Å²) in [6.07, 6.45) is 0. The number of hydrogen-bond acceptors (Lipinski definition) is 4. The van der Waals surface area contributed by atoms with Gasteiger partial charge in [-0.25, -0.2) is 4.68 Å². The molecule has 0 radical (unpaired) electrons. The van der Waals surface area contributed by atoms with Crippen LogP contribution in [0.1, 0.15) is 17.3 Å². The van der Waals surface area contributed by atoms with Crippen LogP contribution in [-0.2, 0) is 7.05 Å². The molecule has 0 amide bonds. The largest absolute Gasteiger partial charge is 0.329 e. The summed E-state index contributed by atoms with van der Waals surface area (Å²) in [5, 5.41) is 11.5. The molecule has 2 N–H and O–H groups in total. The lowest BCUT2D eigenvalue weighted by molar-refractivity contribution is 0.641. The molecule has 0 aliphatic carbocycles. The van der Waals surface area contributed by atoms with Gasteiger partial charge in [0.2, 0.25) is 0 Å². The molecule has 0 fully saturated rings. The van der Waals surface area contributed by atoms with Crippen molar-refractivity contribution in [2.24, 2.45) is 12.8 Å². The molecular weight excluding hydrogens is 270 g/mol. The Kier molecular flexibility index (Phi) is 3.31. The summed E-state index contributed by atoms with van der Waals surface area (Å²) in [6, 6.07) is 8.01. The molecule has 0 saturated carbocycles. The molecule has 6 heteroatoms. The lowest BCUT2D eigenvalue weighted by atomic mass is 9.99. The third-order valence-electron chi connectivity index (χ3n) is 2.45. The molecule has 84 valence electrons. The van der Waals surface area contributed by atoms with Gasteiger partial charge in [-0.2, -0.15) is 0 Å². The molecule has 0 aliphatic heterocycles. The number of nitrogens with zero attached hydrogens (tertiary/aromatic N) is 4. The Morgan fingerprint density at radius 1 is 1.50 bits per heavy atom. The van der Waals surface area contributed by atoms with Gasteiger partial charge < -0.3 is 5.73 Å². The Morgan fingerprint density at radius 2 is 2.31 bits per heavy atom. The zero-order valence-corrected chi connectivity index (χ0v) is 10.4. The number of aromatic nitrogens is 4. The van der Waals surface area contributed by atoms with Crippen LogP contribution in [0.4, 0.5) is 0 Å². The fourth-order valence-electron chi connectivity index (χ4n) is 1.65. The molecule has 0 saturated heterocycles. The number of tetrazole rings is 1. The van der Waals surface area contributed by atoms with Crippen molar-refractivity contribution < 1.29 is 0 Å². The minimum atomic E-state index is 0.0255. The van der Waals surface area contributed by atoms with E-state index in [1.807, 2.05) is 31.3 Å². The van der Waals surface area contributed by atoms with Gasteiger partial charge in [0.05, 0.1) is 5.92 Å². The first-order valence-corrected chi connectivity index (χ1v) is 5.69. The van der Waals surface area contributed by atoms with E-state index in [2.05, 4.69) is 31.5 Å². The maximum atomic E-state index is 5.79. The smallest absolute Gasteiger partial charge is 0.159 e. The minimum absolute atomic E-state index is 0.0255. The third-order valence-corrected chi connectivity index (χ3v) is 2.94. The van der Waals surface area contributed by atoms with Crippen LogP contribution in [0, 0.1) is 0 Å². The SMILES string of the molecule is Cn1nnnc1C(CN)c1cccc(Br)c1. The maximum absolute atomic E-state index is 5.79. The van der Waals surface area contributed by atoms with Crippen LogP contribution in [0.15, 0.2) is 28.7 Å². The number of halogens is 1.